The summed E-state index contributed by atoms with van der Waals surface area (Å²) in [4.78, 5) is 22.1. The number of ether oxygens (including phenoxy) is 2. The number of carbonyl (C=O) groups is 2. The molecular weight excluding hydrogens is 619 g/mol. The van der Waals surface area contributed by atoms with Crippen LogP contribution in [0.2, 0.25) is 0 Å². The first-order valence-corrected chi connectivity index (χ1v) is 15.2. The van der Waals surface area contributed by atoms with Crippen molar-refractivity contribution in [1.29, 1.82) is 0 Å². The number of rotatable bonds is 19. The molecular formula is C37H42K2O6. The average molecular weight is 661 g/mol. The van der Waals surface area contributed by atoms with Crippen molar-refractivity contribution in [3.05, 3.63) is 94.0 Å². The van der Waals surface area contributed by atoms with E-state index in [2.05, 4.69) is 6.92 Å². The number of benzene rings is 3. The molecule has 0 aliphatic rings. The van der Waals surface area contributed by atoms with Gasteiger partial charge in [-0.3, -0.25) is 0 Å². The van der Waals surface area contributed by atoms with Gasteiger partial charge in [-0.15, -0.1) is 0 Å². The number of hydrogen-bond acceptors (Lipinski definition) is 6. The monoisotopic (exact) mass is 660 g/mol. The molecule has 0 atom stereocenters. The van der Waals surface area contributed by atoms with Crippen LogP contribution >= 0.6 is 0 Å². The summed E-state index contributed by atoms with van der Waals surface area (Å²) in [7, 11) is 1.61. The van der Waals surface area contributed by atoms with Crippen molar-refractivity contribution in [2.24, 2.45) is 0 Å². The van der Waals surface area contributed by atoms with Crippen molar-refractivity contribution in [3.63, 3.8) is 0 Å². The van der Waals surface area contributed by atoms with Crippen LogP contribution in [0.5, 0.6) is 11.5 Å². The van der Waals surface area contributed by atoms with E-state index in [1.54, 1.807) is 31.4 Å². The zero-order valence-electron chi connectivity index (χ0n) is 27.3. The van der Waals surface area contributed by atoms with Gasteiger partial charge in [0, 0.05) is 11.1 Å². The second-order valence-electron chi connectivity index (χ2n) is 10.6. The van der Waals surface area contributed by atoms with Gasteiger partial charge in [0.25, 0.3) is 0 Å². The second-order valence-corrected chi connectivity index (χ2v) is 10.6. The standard InChI is InChI=1S/C37H44O6.2K/c1-3-4-5-6-7-8-9-10-11-12-25-43-35-27-32(23-17-28-13-19-30(20-14-28)36(38)39)34(42-2)26-33(35)24-18-29-15-21-31(22-16-29)37(40)41;;/h13-24,26-27H,3-12,25H2,1-2H3,(H,38,39)(H,40,41);;/q;2*+1/p-2/b23-17+,24-18+;;. The van der Waals surface area contributed by atoms with E-state index < -0.39 is 11.9 Å². The third kappa shape index (κ3) is 15.6. The first-order chi connectivity index (χ1) is 20.9. The Labute approximate surface area is 353 Å². The number of hydrogen-bond donors (Lipinski definition) is 0. The minimum absolute atomic E-state index is 0. The fourth-order valence-electron chi connectivity index (χ4n) is 4.76. The van der Waals surface area contributed by atoms with E-state index in [1.165, 1.54) is 75.6 Å². The molecule has 0 bridgehead atoms. The molecule has 6 nitrogen and oxygen atoms in total. The number of aromatic carboxylic acids is 2. The van der Waals surface area contributed by atoms with Crippen molar-refractivity contribution in [2.75, 3.05) is 13.7 Å². The van der Waals surface area contributed by atoms with Crippen molar-refractivity contribution in [1.82, 2.24) is 0 Å². The van der Waals surface area contributed by atoms with Crippen LogP contribution in [0.15, 0.2) is 60.7 Å². The topological polar surface area (TPSA) is 98.7 Å². The van der Waals surface area contributed by atoms with E-state index in [4.69, 9.17) is 9.47 Å². The van der Waals surface area contributed by atoms with Gasteiger partial charge in [-0.25, -0.2) is 0 Å². The summed E-state index contributed by atoms with van der Waals surface area (Å²) < 4.78 is 12.0. The number of unbranched alkanes of at least 4 members (excludes halogenated alkanes) is 9. The van der Waals surface area contributed by atoms with Crippen LogP contribution in [0.1, 0.15) is 114 Å². The van der Waals surface area contributed by atoms with Crippen LogP contribution in [0.3, 0.4) is 0 Å². The Kier molecular flexibility index (Phi) is 22.5. The molecule has 0 amide bonds. The van der Waals surface area contributed by atoms with Crippen molar-refractivity contribution >= 4 is 36.2 Å². The van der Waals surface area contributed by atoms with E-state index >= 15 is 0 Å². The summed E-state index contributed by atoms with van der Waals surface area (Å²) >= 11 is 0. The Bertz CT molecular complexity index is 1360. The Balaban J connectivity index is 0.00000506. The van der Waals surface area contributed by atoms with Crippen LogP contribution in [-0.4, -0.2) is 25.7 Å². The van der Waals surface area contributed by atoms with Gasteiger partial charge < -0.3 is 29.3 Å². The Morgan fingerprint density at radius 1 is 0.600 bits per heavy atom. The van der Waals surface area contributed by atoms with Crippen LogP contribution in [0.4, 0.5) is 0 Å². The van der Waals surface area contributed by atoms with Crippen LogP contribution in [0.25, 0.3) is 24.3 Å². The molecule has 0 unspecified atom stereocenters. The number of methoxy groups -OCH3 is 1. The third-order valence-electron chi connectivity index (χ3n) is 7.32. The second kappa shape index (κ2) is 24.1. The summed E-state index contributed by atoms with van der Waals surface area (Å²) in [6.07, 6.45) is 20.1. The Morgan fingerprint density at radius 3 is 1.42 bits per heavy atom. The molecule has 3 aromatic rings. The molecule has 0 heterocycles. The van der Waals surface area contributed by atoms with Gasteiger partial charge in [0.15, 0.2) is 0 Å². The maximum atomic E-state index is 11.1. The molecule has 3 aromatic carbocycles. The van der Waals surface area contributed by atoms with Crippen molar-refractivity contribution in [3.8, 4) is 11.5 Å². The molecule has 45 heavy (non-hydrogen) atoms. The van der Waals surface area contributed by atoms with Gasteiger partial charge in [0.1, 0.15) is 11.5 Å². The summed E-state index contributed by atoms with van der Waals surface area (Å²) in [5, 5.41) is 22.1. The molecule has 228 valence electrons. The quantitative estimate of drug-likeness (QED) is 0.108. The Morgan fingerprint density at radius 2 is 1.00 bits per heavy atom. The van der Waals surface area contributed by atoms with Gasteiger partial charge in [0.05, 0.1) is 25.7 Å². The summed E-state index contributed by atoms with van der Waals surface area (Å²) in [5.74, 6) is -1.05. The normalized spacial score (nSPS) is 10.8. The minimum atomic E-state index is -1.21. The molecule has 0 fully saturated rings. The maximum Gasteiger partial charge on any atom is 1.00 e. The number of carbonyl (C=O) groups excluding carboxylic acids is 2. The zero-order valence-corrected chi connectivity index (χ0v) is 33.6. The molecule has 0 spiro atoms. The first-order valence-electron chi connectivity index (χ1n) is 15.2. The Hall–Kier alpha value is -1.05. The van der Waals surface area contributed by atoms with Gasteiger partial charge in [-0.05, 0) is 40.8 Å². The molecule has 0 aromatic heterocycles. The largest absolute Gasteiger partial charge is 1.00 e. The summed E-state index contributed by atoms with van der Waals surface area (Å²) in [6, 6.07) is 16.8. The molecule has 3 rings (SSSR count). The molecule has 0 aliphatic carbocycles. The predicted molar refractivity (Wildman–Crippen MR) is 170 cm³/mol. The molecule has 0 saturated carbocycles. The predicted octanol–water partition coefficient (Wildman–Crippen LogP) is 1.07. The number of carboxylic acids is 2. The van der Waals surface area contributed by atoms with E-state index in [1.807, 2.05) is 36.4 Å². The summed E-state index contributed by atoms with van der Waals surface area (Å²) in [5.41, 5.74) is 3.59. The molecule has 0 saturated heterocycles. The average Bonchev–Trinajstić information content (AvgIpc) is 3.02. The van der Waals surface area contributed by atoms with Gasteiger partial charge >= 0.3 is 103 Å². The van der Waals surface area contributed by atoms with Crippen molar-refractivity contribution in [2.45, 2.75) is 71.1 Å². The first kappa shape index (κ1) is 42.0. The van der Waals surface area contributed by atoms with Gasteiger partial charge in [-0.1, -0.05) is 138 Å². The molecule has 8 heteroatoms. The number of carboxylic acid groups (broad SMARTS) is 2. The van der Waals surface area contributed by atoms with Gasteiger partial charge in [-0.2, -0.15) is 0 Å². The van der Waals surface area contributed by atoms with E-state index in [9.17, 15) is 19.8 Å². The van der Waals surface area contributed by atoms with Gasteiger partial charge in [0.2, 0.25) is 0 Å². The van der Waals surface area contributed by atoms with Crippen LogP contribution in [0, 0.1) is 0 Å². The van der Waals surface area contributed by atoms with E-state index in [0.717, 1.165) is 35.1 Å². The fraction of sp³-hybridized carbons (Fsp3) is 0.351. The third-order valence-corrected chi connectivity index (χ3v) is 7.32. The molecule has 0 aliphatic heterocycles. The zero-order chi connectivity index (χ0) is 30.9. The van der Waals surface area contributed by atoms with Crippen LogP contribution < -0.4 is 122 Å². The molecule has 0 radical (unpaired) electrons. The van der Waals surface area contributed by atoms with Crippen LogP contribution in [-0.2, 0) is 0 Å². The maximum absolute atomic E-state index is 11.1. The van der Waals surface area contributed by atoms with E-state index in [-0.39, 0.29) is 114 Å². The molecule has 0 N–H and O–H groups in total. The minimum Gasteiger partial charge on any atom is -0.545 e. The SMILES string of the molecule is CCCCCCCCCCCCOc1cc(/C=C/c2ccc(C(=O)[O-])cc2)c(OC)cc1/C=C/c1ccc(C(=O)[O-])cc1.[K+].[K+]. The fourth-order valence-corrected chi connectivity index (χ4v) is 4.76. The van der Waals surface area contributed by atoms with E-state index in [0.29, 0.717) is 18.1 Å². The van der Waals surface area contributed by atoms with Crippen molar-refractivity contribution < 1.29 is 132 Å². The summed E-state index contributed by atoms with van der Waals surface area (Å²) in [6.45, 7) is 2.84. The smallest absolute Gasteiger partial charge is 0.545 e.